The predicted molar refractivity (Wildman–Crippen MR) is 109 cm³/mol. The Bertz CT molecular complexity index is 1170. The van der Waals surface area contributed by atoms with Crippen molar-refractivity contribution in [3.05, 3.63) is 42.4 Å². The summed E-state index contributed by atoms with van der Waals surface area (Å²) in [5.41, 5.74) is 3.45. The molecule has 0 unspecified atom stereocenters. The summed E-state index contributed by atoms with van der Waals surface area (Å²) in [6.07, 6.45) is 11.9. The molecule has 1 saturated carbocycles. The van der Waals surface area contributed by atoms with Crippen LogP contribution < -0.4 is 5.32 Å². The fourth-order valence-electron chi connectivity index (χ4n) is 4.17. The minimum Gasteiger partial charge on any atom is -0.381 e. The van der Waals surface area contributed by atoms with Crippen molar-refractivity contribution >= 4 is 22.6 Å². The second kappa shape index (κ2) is 7.11. The van der Waals surface area contributed by atoms with Gasteiger partial charge in [-0.3, -0.25) is 0 Å². The van der Waals surface area contributed by atoms with E-state index in [0.717, 1.165) is 53.5 Å². The molecule has 7 nitrogen and oxygen atoms in total. The SMILES string of the molecule is COC1CCC(Nc2ncc3c(-c4cc(F)c5nc(C)cn5c4)c[nH]c3n2)CC1. The maximum absolute atomic E-state index is 14.5. The van der Waals surface area contributed by atoms with Crippen molar-refractivity contribution in [1.82, 2.24) is 24.3 Å². The smallest absolute Gasteiger partial charge is 0.224 e. The van der Waals surface area contributed by atoms with Gasteiger partial charge in [0.05, 0.1) is 11.8 Å². The standard InChI is InChI=1S/C21H23FN6O/c1-12-10-28-11-13(7-18(22)20(28)25-12)16-8-23-19-17(16)9-24-21(27-19)26-14-3-5-15(29-2)6-4-14/h7-11,14-15H,3-6H2,1-2H3,(H2,23,24,26,27). The number of nitrogens with zero attached hydrogens (tertiary/aromatic N) is 4. The van der Waals surface area contributed by atoms with E-state index in [0.29, 0.717) is 23.7 Å². The normalized spacial score (nSPS) is 19.8. The molecule has 0 aromatic carbocycles. The Morgan fingerprint density at radius 2 is 2.03 bits per heavy atom. The van der Waals surface area contributed by atoms with Crippen molar-refractivity contribution in [3.63, 3.8) is 0 Å². The molecule has 2 N–H and O–H groups in total. The maximum atomic E-state index is 14.5. The molecule has 0 aliphatic heterocycles. The number of nitrogens with one attached hydrogen (secondary N) is 2. The van der Waals surface area contributed by atoms with E-state index in [4.69, 9.17) is 4.74 Å². The van der Waals surface area contributed by atoms with Crippen molar-refractivity contribution < 1.29 is 9.13 Å². The number of rotatable bonds is 4. The Labute approximate surface area is 167 Å². The quantitative estimate of drug-likeness (QED) is 0.545. The first kappa shape index (κ1) is 18.1. The molecule has 4 aromatic heterocycles. The summed E-state index contributed by atoms with van der Waals surface area (Å²) in [4.78, 5) is 16.5. The average molecular weight is 394 g/mol. The van der Waals surface area contributed by atoms with Gasteiger partial charge >= 0.3 is 0 Å². The summed E-state index contributed by atoms with van der Waals surface area (Å²) in [7, 11) is 1.77. The fraction of sp³-hybridized carbons (Fsp3) is 0.381. The molecule has 0 amide bonds. The first-order valence-corrected chi connectivity index (χ1v) is 9.89. The Kier molecular flexibility index (Phi) is 4.43. The molecule has 1 fully saturated rings. The van der Waals surface area contributed by atoms with Crippen LogP contribution in [0.15, 0.2) is 30.9 Å². The van der Waals surface area contributed by atoms with Crippen LogP contribution in [0.25, 0.3) is 27.8 Å². The first-order valence-electron chi connectivity index (χ1n) is 9.89. The van der Waals surface area contributed by atoms with Gasteiger partial charge in [0.2, 0.25) is 5.95 Å². The van der Waals surface area contributed by atoms with Crippen LogP contribution >= 0.6 is 0 Å². The van der Waals surface area contributed by atoms with Gasteiger partial charge in [-0.05, 0) is 38.7 Å². The minimum absolute atomic E-state index is 0.331. The van der Waals surface area contributed by atoms with Crippen LogP contribution in [0.5, 0.6) is 0 Å². The van der Waals surface area contributed by atoms with E-state index in [2.05, 4.69) is 25.3 Å². The molecule has 0 spiro atoms. The Balaban J connectivity index is 1.42. The van der Waals surface area contributed by atoms with Gasteiger partial charge in [-0.25, -0.2) is 14.4 Å². The summed E-state index contributed by atoms with van der Waals surface area (Å²) < 4.78 is 21.6. The third kappa shape index (κ3) is 3.33. The third-order valence-corrected chi connectivity index (χ3v) is 5.71. The molecule has 4 heterocycles. The number of aromatic amines is 1. The summed E-state index contributed by atoms with van der Waals surface area (Å²) in [6.45, 7) is 1.85. The number of imidazole rings is 1. The molecule has 150 valence electrons. The Morgan fingerprint density at radius 1 is 1.21 bits per heavy atom. The fourth-order valence-corrected chi connectivity index (χ4v) is 4.17. The van der Waals surface area contributed by atoms with Gasteiger partial charge in [0, 0.05) is 54.5 Å². The molecule has 0 saturated heterocycles. The zero-order valence-corrected chi connectivity index (χ0v) is 16.4. The first-order chi connectivity index (χ1) is 14.1. The molecule has 5 rings (SSSR count). The maximum Gasteiger partial charge on any atom is 0.224 e. The number of hydrogen-bond donors (Lipinski definition) is 2. The molecule has 0 bridgehead atoms. The highest BCUT2D eigenvalue weighted by Crippen LogP contribution is 2.30. The van der Waals surface area contributed by atoms with Crippen LogP contribution in [0, 0.1) is 12.7 Å². The zero-order chi connectivity index (χ0) is 20.0. The molecular formula is C21H23FN6O. The van der Waals surface area contributed by atoms with Crippen LogP contribution in [0.1, 0.15) is 31.4 Å². The van der Waals surface area contributed by atoms with E-state index >= 15 is 0 Å². The lowest BCUT2D eigenvalue weighted by atomic mass is 9.93. The van der Waals surface area contributed by atoms with Gasteiger partial charge in [-0.15, -0.1) is 0 Å². The van der Waals surface area contributed by atoms with Crippen molar-refractivity contribution in [1.29, 1.82) is 0 Å². The summed E-state index contributed by atoms with van der Waals surface area (Å²) in [6, 6.07) is 1.86. The van der Waals surface area contributed by atoms with Gasteiger partial charge in [0.25, 0.3) is 0 Å². The van der Waals surface area contributed by atoms with Gasteiger partial charge in [-0.1, -0.05) is 0 Å². The minimum atomic E-state index is -0.351. The average Bonchev–Trinajstić information content (AvgIpc) is 3.31. The molecule has 0 atom stereocenters. The van der Waals surface area contributed by atoms with E-state index in [1.54, 1.807) is 17.7 Å². The molecule has 29 heavy (non-hydrogen) atoms. The van der Waals surface area contributed by atoms with Crippen molar-refractivity contribution in [2.75, 3.05) is 12.4 Å². The summed E-state index contributed by atoms with van der Waals surface area (Å²) in [5.74, 6) is 0.259. The molecule has 1 aliphatic rings. The highest BCUT2D eigenvalue weighted by atomic mass is 19.1. The molecule has 8 heteroatoms. The second-order valence-corrected chi connectivity index (χ2v) is 7.70. The number of anilines is 1. The van der Waals surface area contributed by atoms with Crippen LogP contribution in [-0.2, 0) is 4.74 Å². The highest BCUT2D eigenvalue weighted by molar-refractivity contribution is 5.93. The molecule has 0 radical (unpaired) electrons. The number of halogens is 1. The van der Waals surface area contributed by atoms with Crippen molar-refractivity contribution in [2.45, 2.75) is 44.8 Å². The molecule has 1 aliphatic carbocycles. The van der Waals surface area contributed by atoms with E-state index in [9.17, 15) is 4.39 Å². The molecule has 4 aromatic rings. The molecular weight excluding hydrogens is 371 g/mol. The number of hydrogen-bond acceptors (Lipinski definition) is 5. The summed E-state index contributed by atoms with van der Waals surface area (Å²) >= 11 is 0. The lowest BCUT2D eigenvalue weighted by Gasteiger charge is -2.28. The van der Waals surface area contributed by atoms with Gasteiger partial charge in [0.1, 0.15) is 5.65 Å². The monoisotopic (exact) mass is 394 g/mol. The van der Waals surface area contributed by atoms with Gasteiger partial charge in [-0.2, -0.15) is 4.98 Å². The number of H-pyrrole nitrogens is 1. The van der Waals surface area contributed by atoms with E-state index < -0.39 is 0 Å². The number of fused-ring (bicyclic) bond motifs is 2. The summed E-state index contributed by atoms with van der Waals surface area (Å²) in [5, 5.41) is 4.29. The van der Waals surface area contributed by atoms with Crippen molar-refractivity contribution in [3.8, 4) is 11.1 Å². The number of methoxy groups -OCH3 is 1. The number of aromatic nitrogens is 5. The van der Waals surface area contributed by atoms with Crippen LogP contribution in [-0.4, -0.2) is 43.6 Å². The number of ether oxygens (including phenoxy) is 1. The van der Waals surface area contributed by atoms with Crippen LogP contribution in [0.2, 0.25) is 0 Å². The topological polar surface area (TPSA) is 80.1 Å². The second-order valence-electron chi connectivity index (χ2n) is 7.70. The van der Waals surface area contributed by atoms with E-state index in [-0.39, 0.29) is 5.82 Å². The van der Waals surface area contributed by atoms with E-state index in [1.165, 1.54) is 6.07 Å². The van der Waals surface area contributed by atoms with Crippen LogP contribution in [0.4, 0.5) is 10.3 Å². The Morgan fingerprint density at radius 3 is 2.83 bits per heavy atom. The lowest BCUT2D eigenvalue weighted by molar-refractivity contribution is 0.0681. The van der Waals surface area contributed by atoms with Gasteiger partial charge < -0.3 is 19.4 Å². The van der Waals surface area contributed by atoms with Crippen LogP contribution in [0.3, 0.4) is 0 Å². The predicted octanol–water partition coefficient (Wildman–Crippen LogP) is 4.09. The highest BCUT2D eigenvalue weighted by Gasteiger charge is 2.21. The largest absolute Gasteiger partial charge is 0.381 e. The lowest BCUT2D eigenvalue weighted by Crippen LogP contribution is -2.29. The van der Waals surface area contributed by atoms with Gasteiger partial charge in [0.15, 0.2) is 11.5 Å². The number of aryl methyl sites for hydroxylation is 1. The zero-order valence-electron chi connectivity index (χ0n) is 16.4. The van der Waals surface area contributed by atoms with Crippen molar-refractivity contribution in [2.24, 2.45) is 0 Å². The Hall–Kier alpha value is -3.00. The third-order valence-electron chi connectivity index (χ3n) is 5.71. The van der Waals surface area contributed by atoms with E-state index in [1.807, 2.05) is 25.5 Å². The number of pyridine rings is 1.